The fourth-order valence-electron chi connectivity index (χ4n) is 1.86. The van der Waals surface area contributed by atoms with Crippen molar-refractivity contribution >= 4 is 27.0 Å². The van der Waals surface area contributed by atoms with E-state index in [4.69, 9.17) is 0 Å². The van der Waals surface area contributed by atoms with Gasteiger partial charge in [-0.05, 0) is 50.2 Å². The average molecular weight is 328 g/mol. The largest absolute Gasteiger partial charge is 0.315 e. The van der Waals surface area contributed by atoms with Gasteiger partial charge < -0.3 is 5.32 Å². The highest BCUT2D eigenvalue weighted by Crippen LogP contribution is 2.28. The first-order chi connectivity index (χ1) is 9.83. The van der Waals surface area contributed by atoms with Crippen molar-refractivity contribution in [3.05, 3.63) is 46.1 Å². The summed E-state index contributed by atoms with van der Waals surface area (Å²) in [6.45, 7) is 4.21. The van der Waals surface area contributed by atoms with Crippen LogP contribution in [0.1, 0.15) is 16.0 Å². The third kappa shape index (κ3) is 3.61. The van der Waals surface area contributed by atoms with E-state index in [1.54, 1.807) is 19.1 Å². The topological polar surface area (TPSA) is 58.2 Å². The van der Waals surface area contributed by atoms with Gasteiger partial charge >= 0.3 is 0 Å². The van der Waals surface area contributed by atoms with Gasteiger partial charge in [0, 0.05) is 11.4 Å². The number of anilines is 1. The van der Waals surface area contributed by atoms with E-state index in [0.717, 1.165) is 10.4 Å². The van der Waals surface area contributed by atoms with Crippen LogP contribution in [0.2, 0.25) is 0 Å². The van der Waals surface area contributed by atoms with Crippen molar-refractivity contribution in [2.75, 3.05) is 11.8 Å². The number of rotatable bonds is 5. The predicted octanol–water partition coefficient (Wildman–Crippen LogP) is 3.02. The summed E-state index contributed by atoms with van der Waals surface area (Å²) in [5.74, 6) is -0.475. The molecule has 2 rings (SSSR count). The second-order valence-corrected chi connectivity index (χ2v) is 7.81. The summed E-state index contributed by atoms with van der Waals surface area (Å²) in [6.07, 6.45) is 0. The van der Waals surface area contributed by atoms with Crippen molar-refractivity contribution in [1.29, 1.82) is 0 Å². The fourth-order valence-corrected chi connectivity index (χ4v) is 4.58. The molecule has 21 heavy (non-hydrogen) atoms. The van der Waals surface area contributed by atoms with Gasteiger partial charge in [0.2, 0.25) is 0 Å². The van der Waals surface area contributed by atoms with Gasteiger partial charge in [0.05, 0.1) is 5.69 Å². The number of hydrogen-bond acceptors (Lipinski definition) is 4. The molecule has 0 aliphatic heterocycles. The number of sulfonamides is 1. The summed E-state index contributed by atoms with van der Waals surface area (Å²) in [7, 11) is -1.89. The maximum Gasteiger partial charge on any atom is 0.271 e. The molecule has 0 aliphatic rings. The quantitative estimate of drug-likeness (QED) is 0.887. The van der Waals surface area contributed by atoms with Gasteiger partial charge in [0.25, 0.3) is 10.0 Å². The number of aryl methyl sites for hydroxylation is 2. The summed E-state index contributed by atoms with van der Waals surface area (Å²) in [5, 5.41) is 3.00. The van der Waals surface area contributed by atoms with Crippen molar-refractivity contribution in [1.82, 2.24) is 5.32 Å². The fraction of sp³-hybridized carbons (Fsp3) is 0.286. The smallest absolute Gasteiger partial charge is 0.271 e. The minimum Gasteiger partial charge on any atom is -0.315 e. The second-order valence-electron chi connectivity index (χ2n) is 4.77. The lowest BCUT2D eigenvalue weighted by molar-refractivity contribution is 0.603. The molecule has 0 bridgehead atoms. The lowest BCUT2D eigenvalue weighted by Gasteiger charge is -2.09. The van der Waals surface area contributed by atoms with E-state index in [1.807, 2.05) is 14.0 Å². The van der Waals surface area contributed by atoms with Gasteiger partial charge in [0.1, 0.15) is 10.0 Å². The zero-order valence-corrected chi connectivity index (χ0v) is 13.7. The number of halogens is 1. The van der Waals surface area contributed by atoms with Crippen molar-refractivity contribution in [3.8, 4) is 0 Å². The molecular formula is C14H17FN2O2S2. The van der Waals surface area contributed by atoms with Gasteiger partial charge in [0.15, 0.2) is 0 Å². The molecule has 1 heterocycles. The van der Waals surface area contributed by atoms with E-state index in [0.29, 0.717) is 12.1 Å². The van der Waals surface area contributed by atoms with E-state index >= 15 is 0 Å². The van der Waals surface area contributed by atoms with Crippen LogP contribution in [0.4, 0.5) is 10.1 Å². The van der Waals surface area contributed by atoms with Gasteiger partial charge in [-0.15, -0.1) is 11.3 Å². The molecule has 0 aliphatic carbocycles. The second kappa shape index (κ2) is 6.13. The maximum absolute atomic E-state index is 13.3. The third-order valence-electron chi connectivity index (χ3n) is 3.04. The molecule has 1 aromatic carbocycles. The molecule has 0 unspecified atom stereocenters. The lowest BCUT2D eigenvalue weighted by Crippen LogP contribution is -2.12. The van der Waals surface area contributed by atoms with Crippen LogP contribution in [0.3, 0.4) is 0 Å². The molecule has 2 aromatic rings. The average Bonchev–Trinajstić information content (AvgIpc) is 2.77. The molecule has 2 N–H and O–H groups in total. The maximum atomic E-state index is 13.3. The Bertz CT molecular complexity index is 754. The van der Waals surface area contributed by atoms with E-state index in [1.165, 1.54) is 23.5 Å². The van der Waals surface area contributed by atoms with Crippen LogP contribution in [0.5, 0.6) is 0 Å². The van der Waals surface area contributed by atoms with Crippen LogP contribution >= 0.6 is 11.3 Å². The van der Waals surface area contributed by atoms with Crippen LogP contribution in [0.25, 0.3) is 0 Å². The van der Waals surface area contributed by atoms with Gasteiger partial charge in [-0.25, -0.2) is 12.8 Å². The SMILES string of the molecule is CNCc1sc(S(=O)(=O)Nc2cc(F)ccc2C)cc1C. The molecular weight excluding hydrogens is 311 g/mol. The van der Waals surface area contributed by atoms with E-state index in [-0.39, 0.29) is 9.90 Å². The van der Waals surface area contributed by atoms with Crippen molar-refractivity contribution in [2.45, 2.75) is 24.6 Å². The Morgan fingerprint density at radius 1 is 1.19 bits per heavy atom. The Hall–Kier alpha value is -1.44. The molecule has 0 amide bonds. The van der Waals surface area contributed by atoms with Crippen LogP contribution in [0, 0.1) is 19.7 Å². The number of benzene rings is 1. The first-order valence-corrected chi connectivity index (χ1v) is 8.66. The third-order valence-corrected chi connectivity index (χ3v) is 6.12. The highest BCUT2D eigenvalue weighted by Gasteiger charge is 2.19. The van der Waals surface area contributed by atoms with E-state index in [9.17, 15) is 12.8 Å². The minimum absolute atomic E-state index is 0.230. The number of nitrogens with one attached hydrogen (secondary N) is 2. The lowest BCUT2D eigenvalue weighted by atomic mass is 10.2. The first kappa shape index (κ1) is 15.9. The van der Waals surface area contributed by atoms with Gasteiger partial charge in [-0.3, -0.25) is 4.72 Å². The first-order valence-electron chi connectivity index (χ1n) is 6.36. The molecule has 1 aromatic heterocycles. The molecule has 4 nitrogen and oxygen atoms in total. The molecule has 0 saturated carbocycles. The Morgan fingerprint density at radius 2 is 1.90 bits per heavy atom. The van der Waals surface area contributed by atoms with Crippen LogP contribution in [0.15, 0.2) is 28.5 Å². The van der Waals surface area contributed by atoms with Crippen molar-refractivity contribution in [2.24, 2.45) is 0 Å². The Kier molecular flexibility index (Phi) is 4.65. The summed E-state index contributed by atoms with van der Waals surface area (Å²) in [5.41, 5.74) is 1.85. The molecule has 7 heteroatoms. The van der Waals surface area contributed by atoms with Crippen LogP contribution < -0.4 is 10.0 Å². The summed E-state index contributed by atoms with van der Waals surface area (Å²) in [6, 6.07) is 5.66. The minimum atomic E-state index is -3.70. The van der Waals surface area contributed by atoms with Crippen LogP contribution in [-0.4, -0.2) is 15.5 Å². The van der Waals surface area contributed by atoms with Gasteiger partial charge in [-0.1, -0.05) is 6.07 Å². The number of hydrogen-bond donors (Lipinski definition) is 2. The molecule has 0 atom stereocenters. The zero-order valence-electron chi connectivity index (χ0n) is 12.0. The van der Waals surface area contributed by atoms with Crippen molar-refractivity contribution < 1.29 is 12.8 Å². The zero-order chi connectivity index (χ0) is 15.6. The standard InChI is InChI=1S/C14H17FN2O2S2/c1-9-4-5-11(15)7-12(9)17-21(18,19)14-6-10(2)13(20-14)8-16-3/h4-7,16-17H,8H2,1-3H3. The van der Waals surface area contributed by atoms with Crippen molar-refractivity contribution in [3.63, 3.8) is 0 Å². The molecule has 0 spiro atoms. The van der Waals surface area contributed by atoms with Gasteiger partial charge in [-0.2, -0.15) is 0 Å². The highest BCUT2D eigenvalue weighted by molar-refractivity contribution is 7.94. The van der Waals surface area contributed by atoms with E-state index < -0.39 is 15.8 Å². The predicted molar refractivity (Wildman–Crippen MR) is 83.8 cm³/mol. The summed E-state index contributed by atoms with van der Waals surface area (Å²) in [4.78, 5) is 0.967. The Labute approximate surface area is 128 Å². The molecule has 114 valence electrons. The Morgan fingerprint density at radius 3 is 2.57 bits per heavy atom. The molecule has 0 saturated heterocycles. The van der Waals surface area contributed by atoms with E-state index in [2.05, 4.69) is 10.0 Å². The normalized spacial score (nSPS) is 11.6. The highest BCUT2D eigenvalue weighted by atomic mass is 32.2. The molecule has 0 fully saturated rings. The number of thiophene rings is 1. The molecule has 0 radical (unpaired) electrons. The van der Waals surface area contributed by atoms with Crippen LogP contribution in [-0.2, 0) is 16.6 Å². The Balaban J connectivity index is 2.34. The summed E-state index contributed by atoms with van der Waals surface area (Å²) < 4.78 is 40.7. The summed E-state index contributed by atoms with van der Waals surface area (Å²) >= 11 is 1.21. The monoisotopic (exact) mass is 328 g/mol.